The van der Waals surface area contributed by atoms with Crippen molar-refractivity contribution in [3.05, 3.63) is 64.0 Å². The number of sulfonamides is 1. The molecule has 0 saturated carbocycles. The molecule has 2 aromatic carbocycles. The molecular formula is C20H20Cl2N4O3S. The van der Waals surface area contributed by atoms with Gasteiger partial charge in [-0.2, -0.15) is 9.29 Å². The fourth-order valence-corrected chi connectivity index (χ4v) is 5.94. The zero-order chi connectivity index (χ0) is 21.3. The van der Waals surface area contributed by atoms with E-state index < -0.39 is 10.0 Å². The summed E-state index contributed by atoms with van der Waals surface area (Å²) in [6, 6.07) is 12.5. The zero-order valence-corrected chi connectivity index (χ0v) is 18.6. The van der Waals surface area contributed by atoms with Crippen molar-refractivity contribution in [2.24, 2.45) is 0 Å². The van der Waals surface area contributed by atoms with Crippen molar-refractivity contribution in [1.82, 2.24) is 19.3 Å². The third-order valence-corrected chi connectivity index (χ3v) is 7.92. The predicted molar refractivity (Wildman–Crippen MR) is 115 cm³/mol. The maximum Gasteiger partial charge on any atom is 0.246 e. The van der Waals surface area contributed by atoms with Gasteiger partial charge in [-0.1, -0.05) is 58.7 Å². The lowest BCUT2D eigenvalue weighted by molar-refractivity contribution is 0.163. The largest absolute Gasteiger partial charge is 0.338 e. The minimum atomic E-state index is -3.76. The smallest absolute Gasteiger partial charge is 0.246 e. The van der Waals surface area contributed by atoms with Crippen LogP contribution >= 0.6 is 23.2 Å². The number of nitrogens with zero attached hydrogens (tertiary/aromatic N) is 4. The molecule has 1 aliphatic rings. The molecule has 1 fully saturated rings. The molecule has 0 bridgehead atoms. The van der Waals surface area contributed by atoms with Crippen molar-refractivity contribution in [2.45, 2.75) is 18.4 Å². The summed E-state index contributed by atoms with van der Waals surface area (Å²) in [4.78, 5) is 6.53. The Bertz CT molecular complexity index is 1140. The van der Waals surface area contributed by atoms with Crippen LogP contribution in [0.25, 0.3) is 11.4 Å². The monoisotopic (exact) mass is 466 g/mol. The molecule has 2 heterocycles. The highest BCUT2D eigenvalue weighted by Crippen LogP contribution is 2.32. The number of halogens is 2. The van der Waals surface area contributed by atoms with Gasteiger partial charge in [0.15, 0.2) is 0 Å². The van der Waals surface area contributed by atoms with E-state index in [2.05, 4.69) is 15.0 Å². The minimum absolute atomic E-state index is 0.0402. The van der Waals surface area contributed by atoms with Gasteiger partial charge in [0.2, 0.25) is 21.7 Å². The first kappa shape index (κ1) is 21.3. The fourth-order valence-electron chi connectivity index (χ4n) is 3.43. The Morgan fingerprint density at radius 1 is 1.00 bits per heavy atom. The number of hydrogen-bond acceptors (Lipinski definition) is 6. The van der Waals surface area contributed by atoms with Crippen molar-refractivity contribution in [3.63, 3.8) is 0 Å². The molecule has 158 valence electrons. The molecule has 1 aromatic heterocycles. The summed E-state index contributed by atoms with van der Waals surface area (Å²) in [6.45, 7) is 4.16. The number of aromatic nitrogens is 2. The van der Waals surface area contributed by atoms with Crippen LogP contribution in [0.5, 0.6) is 0 Å². The molecule has 10 heteroatoms. The molecule has 0 N–H and O–H groups in total. The van der Waals surface area contributed by atoms with Gasteiger partial charge in [0.1, 0.15) is 4.90 Å². The van der Waals surface area contributed by atoms with Crippen molar-refractivity contribution in [2.75, 3.05) is 26.2 Å². The third-order valence-electron chi connectivity index (χ3n) is 5.06. The molecule has 1 aliphatic heterocycles. The Kier molecular flexibility index (Phi) is 6.13. The number of benzene rings is 2. The van der Waals surface area contributed by atoms with E-state index in [1.165, 1.54) is 16.4 Å². The van der Waals surface area contributed by atoms with Crippen LogP contribution in [0.2, 0.25) is 10.0 Å². The maximum atomic E-state index is 13.0. The van der Waals surface area contributed by atoms with Crippen LogP contribution in [0, 0.1) is 6.92 Å². The lowest BCUT2D eigenvalue weighted by Crippen LogP contribution is -2.48. The second-order valence-corrected chi connectivity index (χ2v) is 9.75. The first-order valence-corrected chi connectivity index (χ1v) is 11.6. The first-order chi connectivity index (χ1) is 14.4. The topological polar surface area (TPSA) is 79.5 Å². The minimum Gasteiger partial charge on any atom is -0.338 e. The first-order valence-electron chi connectivity index (χ1n) is 9.41. The van der Waals surface area contributed by atoms with Gasteiger partial charge in [-0.3, -0.25) is 4.90 Å². The Labute approximate surface area is 185 Å². The summed E-state index contributed by atoms with van der Waals surface area (Å²) >= 11 is 12.2. The van der Waals surface area contributed by atoms with Crippen LogP contribution in [0.4, 0.5) is 0 Å². The van der Waals surface area contributed by atoms with Gasteiger partial charge >= 0.3 is 0 Å². The van der Waals surface area contributed by atoms with E-state index >= 15 is 0 Å². The molecule has 0 amide bonds. The van der Waals surface area contributed by atoms with E-state index in [1.54, 1.807) is 6.07 Å². The third kappa shape index (κ3) is 4.24. The van der Waals surface area contributed by atoms with Crippen LogP contribution < -0.4 is 0 Å². The second-order valence-electron chi connectivity index (χ2n) is 7.06. The van der Waals surface area contributed by atoms with Gasteiger partial charge in [0.05, 0.1) is 16.6 Å². The van der Waals surface area contributed by atoms with Crippen molar-refractivity contribution in [1.29, 1.82) is 0 Å². The van der Waals surface area contributed by atoms with Gasteiger partial charge in [0.25, 0.3) is 0 Å². The second kappa shape index (κ2) is 8.64. The van der Waals surface area contributed by atoms with E-state index in [0.717, 1.165) is 11.1 Å². The Morgan fingerprint density at radius 3 is 2.33 bits per heavy atom. The summed E-state index contributed by atoms with van der Waals surface area (Å²) in [5.74, 6) is 1.05. The van der Waals surface area contributed by atoms with E-state index in [9.17, 15) is 8.42 Å². The number of aryl methyl sites for hydroxylation is 1. The van der Waals surface area contributed by atoms with E-state index in [-0.39, 0.29) is 14.9 Å². The molecule has 0 atom stereocenters. The lowest BCUT2D eigenvalue weighted by atomic mass is 10.1. The quantitative estimate of drug-likeness (QED) is 0.567. The average molecular weight is 467 g/mol. The van der Waals surface area contributed by atoms with Gasteiger partial charge in [0, 0.05) is 31.7 Å². The number of hydrogen-bond donors (Lipinski definition) is 0. The lowest BCUT2D eigenvalue weighted by Gasteiger charge is -2.33. The van der Waals surface area contributed by atoms with Crippen molar-refractivity contribution < 1.29 is 12.9 Å². The van der Waals surface area contributed by atoms with Crippen LogP contribution in [0.15, 0.2) is 51.9 Å². The fraction of sp³-hybridized carbons (Fsp3) is 0.300. The standard InChI is InChI=1S/C20H20Cl2N4O3S/c1-14-5-2-3-6-15(14)20-23-18(29-24-20)13-25-9-11-26(12-10-25)30(27,28)19-16(21)7-4-8-17(19)22/h2-8H,9-13H2,1H3. The maximum absolute atomic E-state index is 13.0. The molecule has 0 spiro atoms. The summed E-state index contributed by atoms with van der Waals surface area (Å²) in [6.07, 6.45) is 0. The summed E-state index contributed by atoms with van der Waals surface area (Å²) in [5, 5.41) is 4.33. The highest BCUT2D eigenvalue weighted by molar-refractivity contribution is 7.89. The van der Waals surface area contributed by atoms with Crippen LogP contribution in [0.1, 0.15) is 11.5 Å². The van der Waals surface area contributed by atoms with Gasteiger partial charge in [-0.25, -0.2) is 8.42 Å². The highest BCUT2D eigenvalue weighted by Gasteiger charge is 2.32. The molecule has 30 heavy (non-hydrogen) atoms. The Morgan fingerprint density at radius 2 is 1.67 bits per heavy atom. The molecular weight excluding hydrogens is 447 g/mol. The molecule has 1 saturated heterocycles. The van der Waals surface area contributed by atoms with Gasteiger partial charge in [-0.05, 0) is 24.6 Å². The van der Waals surface area contributed by atoms with Crippen LogP contribution in [-0.2, 0) is 16.6 Å². The average Bonchev–Trinajstić information content (AvgIpc) is 3.16. The van der Waals surface area contributed by atoms with Crippen molar-refractivity contribution >= 4 is 33.2 Å². The molecule has 4 rings (SSSR count). The predicted octanol–water partition coefficient (Wildman–Crippen LogP) is 3.86. The highest BCUT2D eigenvalue weighted by atomic mass is 35.5. The summed E-state index contributed by atoms with van der Waals surface area (Å²) in [5.41, 5.74) is 2.00. The van der Waals surface area contributed by atoms with Gasteiger partial charge in [-0.15, -0.1) is 0 Å². The molecule has 3 aromatic rings. The Balaban J connectivity index is 1.42. The SMILES string of the molecule is Cc1ccccc1-c1noc(CN2CCN(S(=O)(=O)c3c(Cl)cccc3Cl)CC2)n1. The summed E-state index contributed by atoms with van der Waals surface area (Å²) in [7, 11) is -3.76. The molecule has 0 aliphatic carbocycles. The van der Waals surface area contributed by atoms with Crippen molar-refractivity contribution in [3.8, 4) is 11.4 Å². The Hall–Kier alpha value is -1.97. The van der Waals surface area contributed by atoms with Gasteiger partial charge < -0.3 is 4.52 Å². The molecule has 0 radical (unpaired) electrons. The van der Waals surface area contributed by atoms with E-state index in [0.29, 0.717) is 44.4 Å². The molecule has 7 nitrogen and oxygen atoms in total. The van der Waals surface area contributed by atoms with Crippen LogP contribution in [-0.4, -0.2) is 53.9 Å². The van der Waals surface area contributed by atoms with E-state index in [1.807, 2.05) is 31.2 Å². The molecule has 0 unspecified atom stereocenters. The summed E-state index contributed by atoms with van der Waals surface area (Å²) < 4.78 is 32.8. The normalized spacial score (nSPS) is 16.1. The zero-order valence-electron chi connectivity index (χ0n) is 16.3. The van der Waals surface area contributed by atoms with Crippen LogP contribution in [0.3, 0.4) is 0 Å². The number of piperazine rings is 1. The van der Waals surface area contributed by atoms with E-state index in [4.69, 9.17) is 27.7 Å². The number of rotatable bonds is 5.